The highest BCUT2D eigenvalue weighted by Gasteiger charge is 2.38. The molecule has 0 aliphatic heterocycles. The van der Waals surface area contributed by atoms with Crippen molar-refractivity contribution in [3.05, 3.63) is 94.4 Å². The molecule has 48 heavy (non-hydrogen) atoms. The molecular formula is C40H46N4O4. The van der Waals surface area contributed by atoms with E-state index in [1.165, 1.54) is 0 Å². The van der Waals surface area contributed by atoms with Crippen molar-refractivity contribution in [1.82, 2.24) is 5.32 Å². The van der Waals surface area contributed by atoms with Gasteiger partial charge in [0, 0.05) is 65.9 Å². The van der Waals surface area contributed by atoms with Crippen LogP contribution in [0.15, 0.2) is 77.7 Å². The number of Topliss-reactive ketones (excluding diaryl/α,β-unsaturated/α-hetero) is 1. The first kappa shape index (κ1) is 34.4. The lowest BCUT2D eigenvalue weighted by atomic mass is 9.74. The Labute approximate surface area is 283 Å². The number of benzene rings is 3. The van der Waals surface area contributed by atoms with Crippen molar-refractivity contribution in [2.45, 2.75) is 54.4 Å². The summed E-state index contributed by atoms with van der Waals surface area (Å²) in [6.07, 6.45) is 2.46. The van der Waals surface area contributed by atoms with Crippen molar-refractivity contribution in [3.63, 3.8) is 0 Å². The molecule has 0 atom stereocenters. The molecule has 0 saturated carbocycles. The average Bonchev–Trinajstić information content (AvgIpc) is 3.04. The van der Waals surface area contributed by atoms with Gasteiger partial charge in [0.2, 0.25) is 17.5 Å². The molecule has 0 radical (unpaired) electrons. The maximum atomic E-state index is 14.5. The Kier molecular flexibility index (Phi) is 10.0. The van der Waals surface area contributed by atoms with Gasteiger partial charge in [-0.15, -0.1) is 0 Å². The molecule has 0 saturated heterocycles. The lowest BCUT2D eigenvalue weighted by Gasteiger charge is -2.36. The minimum absolute atomic E-state index is 0.0324. The highest BCUT2D eigenvalue weighted by molar-refractivity contribution is 6.44. The van der Waals surface area contributed by atoms with Gasteiger partial charge in [-0.05, 0) is 48.8 Å². The largest absolute Gasteiger partial charge is 0.871 e. The van der Waals surface area contributed by atoms with Crippen molar-refractivity contribution in [2.24, 2.45) is 11.8 Å². The van der Waals surface area contributed by atoms with Crippen LogP contribution in [-0.4, -0.2) is 55.1 Å². The smallest absolute Gasteiger partial charge is 0.224 e. The summed E-state index contributed by atoms with van der Waals surface area (Å²) in [4.78, 5) is 42.9. The number of hydrogen-bond donors (Lipinski definition) is 2. The SMILES string of the molecule is CCN(C)c1cc(NC(=O)CC(C)C)c(C2=C([O-])/C(=C3C(NC(=O)CC(C)C)=C/C(=[N+](/C)CC)c4ccccc4\3)C2=O)c2ccccc12. The van der Waals surface area contributed by atoms with Crippen LogP contribution in [0.4, 0.5) is 11.4 Å². The summed E-state index contributed by atoms with van der Waals surface area (Å²) in [5.41, 5.74) is 5.13. The van der Waals surface area contributed by atoms with E-state index in [1.54, 1.807) is 0 Å². The molecule has 2 amide bonds. The summed E-state index contributed by atoms with van der Waals surface area (Å²) < 4.78 is 2.07. The number of allylic oxidation sites excluding steroid dienone is 4. The molecular weight excluding hydrogens is 600 g/mol. The third kappa shape index (κ3) is 6.44. The van der Waals surface area contributed by atoms with E-state index in [9.17, 15) is 19.5 Å². The van der Waals surface area contributed by atoms with Gasteiger partial charge in [-0.25, -0.2) is 4.58 Å². The van der Waals surface area contributed by atoms with Gasteiger partial charge in [0.1, 0.15) is 13.6 Å². The molecule has 8 heteroatoms. The molecule has 0 spiro atoms. The summed E-state index contributed by atoms with van der Waals surface area (Å²) in [5, 5.41) is 22.2. The molecule has 8 nitrogen and oxygen atoms in total. The van der Waals surface area contributed by atoms with E-state index in [-0.39, 0.29) is 34.8 Å². The number of nitrogens with zero attached hydrogens (tertiary/aromatic N) is 2. The van der Waals surface area contributed by atoms with Gasteiger partial charge in [-0.1, -0.05) is 75.9 Å². The second-order valence-corrected chi connectivity index (χ2v) is 13.5. The molecule has 5 rings (SSSR count). The fraction of sp³-hybridized carbons (Fsp3) is 0.350. The van der Waals surface area contributed by atoms with Gasteiger partial charge >= 0.3 is 0 Å². The molecule has 2 aliphatic rings. The normalized spacial score (nSPS) is 17.0. The lowest BCUT2D eigenvalue weighted by molar-refractivity contribution is -0.492. The third-order valence-corrected chi connectivity index (χ3v) is 8.96. The number of anilines is 2. The molecule has 0 aromatic heterocycles. The topological polar surface area (TPSA) is 105 Å². The number of carbonyl (C=O) groups excluding carboxylic acids is 3. The number of nitrogens with one attached hydrogen (secondary N) is 2. The van der Waals surface area contributed by atoms with Crippen molar-refractivity contribution in [3.8, 4) is 0 Å². The van der Waals surface area contributed by atoms with Gasteiger partial charge in [0.15, 0.2) is 5.78 Å². The maximum absolute atomic E-state index is 14.5. The van der Waals surface area contributed by atoms with Crippen LogP contribution in [0.25, 0.3) is 21.9 Å². The van der Waals surface area contributed by atoms with Gasteiger partial charge in [-0.3, -0.25) is 14.4 Å². The predicted octanol–water partition coefficient (Wildman–Crippen LogP) is 5.90. The Hall–Kier alpha value is -4.98. The number of fused-ring (bicyclic) bond motifs is 2. The number of ketones is 1. The van der Waals surface area contributed by atoms with E-state index in [0.29, 0.717) is 46.3 Å². The van der Waals surface area contributed by atoms with Gasteiger partial charge in [0.25, 0.3) is 0 Å². The van der Waals surface area contributed by atoms with Crippen molar-refractivity contribution in [2.75, 3.05) is 37.4 Å². The second kappa shape index (κ2) is 14.0. The Morgan fingerprint density at radius 1 is 0.833 bits per heavy atom. The molecule has 2 N–H and O–H groups in total. The second-order valence-electron chi connectivity index (χ2n) is 13.5. The summed E-state index contributed by atoms with van der Waals surface area (Å²) in [7, 11) is 3.94. The first-order valence-corrected chi connectivity index (χ1v) is 16.8. The number of carbonyl (C=O) groups is 3. The molecule has 0 unspecified atom stereocenters. The molecule has 250 valence electrons. The van der Waals surface area contributed by atoms with E-state index in [0.717, 1.165) is 35.4 Å². The quantitative estimate of drug-likeness (QED) is 0.211. The van der Waals surface area contributed by atoms with E-state index in [4.69, 9.17) is 0 Å². The fourth-order valence-electron chi connectivity index (χ4n) is 6.41. The average molecular weight is 647 g/mol. The fourth-order valence-corrected chi connectivity index (χ4v) is 6.41. The van der Waals surface area contributed by atoms with Crippen LogP contribution in [0.2, 0.25) is 0 Å². The van der Waals surface area contributed by atoms with Crippen LogP contribution in [0.1, 0.15) is 71.1 Å². The highest BCUT2D eigenvalue weighted by Crippen LogP contribution is 2.48. The zero-order chi connectivity index (χ0) is 34.9. The first-order valence-electron chi connectivity index (χ1n) is 16.8. The van der Waals surface area contributed by atoms with Crippen molar-refractivity contribution in [1.29, 1.82) is 0 Å². The third-order valence-electron chi connectivity index (χ3n) is 8.96. The number of rotatable bonds is 10. The minimum Gasteiger partial charge on any atom is -0.871 e. The zero-order valence-electron chi connectivity index (χ0n) is 29.3. The Morgan fingerprint density at radius 2 is 1.42 bits per heavy atom. The summed E-state index contributed by atoms with van der Waals surface area (Å²) in [6, 6.07) is 17.2. The first-order chi connectivity index (χ1) is 22.9. The molecule has 0 heterocycles. The molecule has 3 aromatic carbocycles. The lowest BCUT2D eigenvalue weighted by Crippen LogP contribution is -2.35. The standard InChI is InChI=1S/C40H46N4O4/c1-9-43(7)31-21-29(41-33(45)19-23(3)4)35(27-17-13-11-15-25(27)31)37-39(47)38(40(37)48)36-28-18-14-12-16-26(28)32(44(8)10-2)22-30(36)42-34(46)20-24(5)6/h11-18,21-24H,9-10,19-20H2,1-8H3,(H2,41,42,45,46,47,48). The van der Waals surface area contributed by atoms with Gasteiger partial charge < -0.3 is 20.6 Å². The van der Waals surface area contributed by atoms with Crippen molar-refractivity contribution >= 4 is 56.6 Å². The van der Waals surface area contributed by atoms with Crippen LogP contribution in [-0.2, 0) is 14.4 Å². The van der Waals surface area contributed by atoms with Crippen LogP contribution >= 0.6 is 0 Å². The minimum atomic E-state index is -0.415. The van der Waals surface area contributed by atoms with Crippen molar-refractivity contribution < 1.29 is 24.1 Å². The Balaban J connectivity index is 1.79. The number of hydrogen-bond acceptors (Lipinski definition) is 5. The Bertz CT molecular complexity index is 1940. The van der Waals surface area contributed by atoms with E-state index < -0.39 is 11.5 Å². The Morgan fingerprint density at radius 3 is 2.00 bits per heavy atom. The van der Waals surface area contributed by atoms with Gasteiger partial charge in [0.05, 0.1) is 16.9 Å². The molecule has 2 aliphatic carbocycles. The maximum Gasteiger partial charge on any atom is 0.224 e. The molecule has 0 bridgehead atoms. The summed E-state index contributed by atoms with van der Waals surface area (Å²) in [6.45, 7) is 13.4. The summed E-state index contributed by atoms with van der Waals surface area (Å²) >= 11 is 0. The highest BCUT2D eigenvalue weighted by atomic mass is 16.3. The zero-order valence-corrected chi connectivity index (χ0v) is 29.3. The van der Waals surface area contributed by atoms with E-state index in [1.807, 2.05) is 116 Å². The van der Waals surface area contributed by atoms with Crippen LogP contribution in [0.5, 0.6) is 0 Å². The van der Waals surface area contributed by atoms with E-state index in [2.05, 4.69) is 20.1 Å². The number of amides is 2. The van der Waals surface area contributed by atoms with Crippen LogP contribution < -0.4 is 20.6 Å². The van der Waals surface area contributed by atoms with Crippen LogP contribution in [0, 0.1) is 11.8 Å². The van der Waals surface area contributed by atoms with E-state index >= 15 is 0 Å². The monoisotopic (exact) mass is 646 g/mol. The van der Waals surface area contributed by atoms with Gasteiger partial charge in [-0.2, -0.15) is 0 Å². The predicted molar refractivity (Wildman–Crippen MR) is 193 cm³/mol. The molecule has 0 fully saturated rings. The molecule has 3 aromatic rings. The van der Waals surface area contributed by atoms with Crippen LogP contribution in [0.3, 0.4) is 0 Å². The summed E-state index contributed by atoms with van der Waals surface area (Å²) in [5.74, 6) is -0.957.